The molecule has 0 bridgehead atoms. The molecule has 0 radical (unpaired) electrons. The fourth-order valence-corrected chi connectivity index (χ4v) is 3.30. The van der Waals surface area contributed by atoms with Gasteiger partial charge >= 0.3 is 0 Å². The third kappa shape index (κ3) is 4.97. The smallest absolute Gasteiger partial charge is 0.240 e. The molecule has 1 amide bonds. The van der Waals surface area contributed by atoms with Crippen LogP contribution in [0.25, 0.3) is 0 Å². The Morgan fingerprint density at radius 3 is 2.43 bits per heavy atom. The largest absolute Gasteiger partial charge is 0.352 e. The summed E-state index contributed by atoms with van der Waals surface area (Å²) in [6.45, 7) is 4.06. The summed E-state index contributed by atoms with van der Waals surface area (Å²) in [5.41, 5.74) is 3.39. The van der Waals surface area contributed by atoms with E-state index in [9.17, 15) is 9.59 Å². The maximum Gasteiger partial charge on any atom is 0.240 e. The predicted molar refractivity (Wildman–Crippen MR) is 111 cm³/mol. The third-order valence-electron chi connectivity index (χ3n) is 4.88. The van der Waals surface area contributed by atoms with Gasteiger partial charge < -0.3 is 9.88 Å². The Hall–Kier alpha value is -3.14. The maximum absolute atomic E-state index is 12.9. The van der Waals surface area contributed by atoms with E-state index in [1.165, 1.54) is 5.56 Å². The van der Waals surface area contributed by atoms with Gasteiger partial charge in [-0.25, -0.2) is 0 Å². The minimum absolute atomic E-state index is 0.0620. The average molecular weight is 374 g/mol. The molecular weight excluding hydrogens is 348 g/mol. The van der Waals surface area contributed by atoms with Gasteiger partial charge in [0, 0.05) is 17.8 Å². The molecule has 0 spiro atoms. The number of nitrogens with one attached hydrogen (secondary N) is 1. The summed E-state index contributed by atoms with van der Waals surface area (Å²) in [6.07, 6.45) is 3.57. The van der Waals surface area contributed by atoms with Crippen LogP contribution in [-0.2, 0) is 17.8 Å². The van der Waals surface area contributed by atoms with E-state index in [-0.39, 0.29) is 24.3 Å². The molecule has 4 heteroatoms. The summed E-state index contributed by atoms with van der Waals surface area (Å²) < 4.78 is 1.72. The molecule has 2 aromatic carbocycles. The molecule has 0 aliphatic carbocycles. The van der Waals surface area contributed by atoms with Gasteiger partial charge in [0.15, 0.2) is 0 Å². The second kappa shape index (κ2) is 9.18. The molecule has 1 atom stereocenters. The number of ketones is 1. The first-order valence-corrected chi connectivity index (χ1v) is 9.63. The first kappa shape index (κ1) is 19.6. The van der Waals surface area contributed by atoms with Crippen molar-refractivity contribution in [2.75, 3.05) is 0 Å². The molecular formula is C24H26N2O2. The van der Waals surface area contributed by atoms with Gasteiger partial charge in [-0.05, 0) is 49.9 Å². The van der Waals surface area contributed by atoms with Crippen molar-refractivity contribution in [2.24, 2.45) is 0 Å². The summed E-state index contributed by atoms with van der Waals surface area (Å²) in [4.78, 5) is 25.3. The SMILES string of the molecule is Cc1ccccc1C(=O)c1cccn1CC(=O)N[C@@H](C)CCc1ccccc1. The molecule has 0 fully saturated rings. The van der Waals surface area contributed by atoms with Gasteiger partial charge in [0.1, 0.15) is 6.54 Å². The Balaban J connectivity index is 1.58. The fraction of sp³-hybridized carbons (Fsp3) is 0.250. The summed E-state index contributed by atoms with van der Waals surface area (Å²) in [7, 11) is 0. The standard InChI is InChI=1S/C24H26N2O2/c1-18-9-6-7-12-21(18)24(28)22-13-8-16-26(22)17-23(27)25-19(2)14-15-20-10-4-3-5-11-20/h3-13,16,19H,14-15,17H2,1-2H3,(H,25,27)/t19-/m0/s1. The van der Waals surface area contributed by atoms with Crippen LogP contribution in [0.15, 0.2) is 72.9 Å². The van der Waals surface area contributed by atoms with Crippen LogP contribution in [0.4, 0.5) is 0 Å². The van der Waals surface area contributed by atoms with Crippen molar-refractivity contribution < 1.29 is 9.59 Å². The highest BCUT2D eigenvalue weighted by Crippen LogP contribution is 2.15. The number of benzene rings is 2. The van der Waals surface area contributed by atoms with Crippen LogP contribution in [-0.4, -0.2) is 22.3 Å². The van der Waals surface area contributed by atoms with Crippen LogP contribution in [0.3, 0.4) is 0 Å². The van der Waals surface area contributed by atoms with Crippen molar-refractivity contribution in [3.05, 3.63) is 95.3 Å². The molecule has 144 valence electrons. The zero-order valence-corrected chi connectivity index (χ0v) is 16.4. The quantitative estimate of drug-likeness (QED) is 0.602. The lowest BCUT2D eigenvalue weighted by molar-refractivity contribution is -0.122. The minimum atomic E-state index is -0.0874. The van der Waals surface area contributed by atoms with Gasteiger partial charge in [-0.2, -0.15) is 0 Å². The van der Waals surface area contributed by atoms with E-state index in [1.807, 2.05) is 56.3 Å². The molecule has 1 heterocycles. The Morgan fingerprint density at radius 2 is 1.68 bits per heavy atom. The summed E-state index contributed by atoms with van der Waals surface area (Å²) in [5, 5.41) is 3.03. The Morgan fingerprint density at radius 1 is 0.964 bits per heavy atom. The van der Waals surface area contributed by atoms with Gasteiger partial charge in [-0.1, -0.05) is 54.6 Å². The van der Waals surface area contributed by atoms with Gasteiger partial charge in [-0.15, -0.1) is 0 Å². The number of hydrogen-bond donors (Lipinski definition) is 1. The summed E-state index contributed by atoms with van der Waals surface area (Å²) in [6, 6.07) is 21.4. The lowest BCUT2D eigenvalue weighted by Gasteiger charge is -2.15. The predicted octanol–water partition coefficient (Wildman–Crippen LogP) is 4.17. The van der Waals surface area contributed by atoms with Crippen LogP contribution >= 0.6 is 0 Å². The lowest BCUT2D eigenvalue weighted by atomic mass is 10.0. The molecule has 0 saturated heterocycles. The highest BCUT2D eigenvalue weighted by Gasteiger charge is 2.17. The molecule has 1 N–H and O–H groups in total. The molecule has 0 saturated carbocycles. The van der Waals surface area contributed by atoms with Crippen LogP contribution in [0, 0.1) is 6.92 Å². The third-order valence-corrected chi connectivity index (χ3v) is 4.88. The van der Waals surface area contributed by atoms with Crippen molar-refractivity contribution in [3.8, 4) is 0 Å². The number of aryl methyl sites for hydroxylation is 2. The maximum atomic E-state index is 12.9. The van der Waals surface area contributed by atoms with Crippen molar-refractivity contribution >= 4 is 11.7 Å². The van der Waals surface area contributed by atoms with Crippen LogP contribution in [0.1, 0.15) is 40.5 Å². The lowest BCUT2D eigenvalue weighted by Crippen LogP contribution is -2.35. The van der Waals surface area contributed by atoms with E-state index >= 15 is 0 Å². The van der Waals surface area contributed by atoms with Crippen molar-refractivity contribution in [1.29, 1.82) is 0 Å². The number of rotatable bonds is 8. The molecule has 0 aliphatic heterocycles. The monoisotopic (exact) mass is 374 g/mol. The number of nitrogens with zero attached hydrogens (tertiary/aromatic N) is 1. The van der Waals surface area contributed by atoms with Crippen LogP contribution in [0.2, 0.25) is 0 Å². The topological polar surface area (TPSA) is 51.1 Å². The second-order valence-corrected chi connectivity index (χ2v) is 7.16. The minimum Gasteiger partial charge on any atom is -0.352 e. The first-order valence-electron chi connectivity index (χ1n) is 9.63. The van der Waals surface area contributed by atoms with Crippen molar-refractivity contribution in [1.82, 2.24) is 9.88 Å². The van der Waals surface area contributed by atoms with E-state index in [0.29, 0.717) is 11.3 Å². The highest BCUT2D eigenvalue weighted by atomic mass is 16.2. The molecule has 0 unspecified atom stereocenters. The van der Waals surface area contributed by atoms with Gasteiger partial charge in [-0.3, -0.25) is 9.59 Å². The Kier molecular flexibility index (Phi) is 6.43. The van der Waals surface area contributed by atoms with E-state index in [0.717, 1.165) is 18.4 Å². The zero-order chi connectivity index (χ0) is 19.9. The molecule has 4 nitrogen and oxygen atoms in total. The number of carbonyl (C=O) groups is 2. The number of carbonyl (C=O) groups excluding carboxylic acids is 2. The number of aromatic nitrogens is 1. The Bertz CT molecular complexity index is 944. The van der Waals surface area contributed by atoms with Gasteiger partial charge in [0.2, 0.25) is 11.7 Å². The number of hydrogen-bond acceptors (Lipinski definition) is 2. The average Bonchev–Trinajstić information content (AvgIpc) is 3.15. The fourth-order valence-electron chi connectivity index (χ4n) is 3.30. The Labute approximate surface area is 166 Å². The summed E-state index contributed by atoms with van der Waals surface area (Å²) in [5.74, 6) is -0.149. The first-order chi connectivity index (χ1) is 13.5. The van der Waals surface area contributed by atoms with E-state index in [1.54, 1.807) is 22.9 Å². The van der Waals surface area contributed by atoms with Crippen molar-refractivity contribution in [2.45, 2.75) is 39.3 Å². The normalized spacial score (nSPS) is 11.8. The van der Waals surface area contributed by atoms with E-state index < -0.39 is 0 Å². The van der Waals surface area contributed by atoms with Gasteiger partial charge in [0.25, 0.3) is 0 Å². The van der Waals surface area contributed by atoms with Gasteiger partial charge in [0.05, 0.1) is 5.69 Å². The van der Waals surface area contributed by atoms with E-state index in [2.05, 4.69) is 17.4 Å². The highest BCUT2D eigenvalue weighted by molar-refractivity contribution is 6.09. The number of amides is 1. The summed E-state index contributed by atoms with van der Waals surface area (Å²) >= 11 is 0. The molecule has 3 aromatic rings. The molecule has 3 rings (SSSR count). The van der Waals surface area contributed by atoms with Crippen LogP contribution < -0.4 is 5.32 Å². The molecule has 28 heavy (non-hydrogen) atoms. The second-order valence-electron chi connectivity index (χ2n) is 7.16. The van der Waals surface area contributed by atoms with Crippen molar-refractivity contribution in [3.63, 3.8) is 0 Å². The van der Waals surface area contributed by atoms with E-state index in [4.69, 9.17) is 0 Å². The van der Waals surface area contributed by atoms with Crippen LogP contribution in [0.5, 0.6) is 0 Å². The molecule has 0 aliphatic rings. The zero-order valence-electron chi connectivity index (χ0n) is 16.4. The molecule has 1 aromatic heterocycles.